The summed E-state index contributed by atoms with van der Waals surface area (Å²) in [4.78, 5) is 17.5. The van der Waals surface area contributed by atoms with E-state index in [1.165, 1.54) is 12.1 Å². The van der Waals surface area contributed by atoms with Gasteiger partial charge in [0, 0.05) is 44.8 Å². The lowest BCUT2D eigenvalue weighted by atomic mass is 10.0. The van der Waals surface area contributed by atoms with Crippen LogP contribution >= 0.6 is 0 Å². The Bertz CT molecular complexity index is 1310. The van der Waals surface area contributed by atoms with Crippen LogP contribution in [0.1, 0.15) is 11.1 Å². The molecule has 0 radical (unpaired) electrons. The number of nitrogens with zero attached hydrogens (tertiary/aromatic N) is 8. The molecule has 0 amide bonds. The van der Waals surface area contributed by atoms with Crippen LogP contribution in [0.25, 0.3) is 21.9 Å². The topological polar surface area (TPSA) is 86.8 Å². The summed E-state index contributed by atoms with van der Waals surface area (Å²) in [6, 6.07) is 5.17. The molecule has 150 valence electrons. The van der Waals surface area contributed by atoms with Gasteiger partial charge in [0.1, 0.15) is 24.0 Å². The number of hydrogen-bond donors (Lipinski definition) is 0. The summed E-state index contributed by atoms with van der Waals surface area (Å²) in [7, 11) is 1.86. The molecule has 4 aromatic rings. The molecule has 8 nitrogen and oxygen atoms in total. The molecule has 1 aliphatic heterocycles. The number of aromatic nitrogens is 5. The van der Waals surface area contributed by atoms with E-state index in [1.54, 1.807) is 23.4 Å². The maximum atomic E-state index is 14.2. The highest BCUT2D eigenvalue weighted by Gasteiger charge is 2.24. The summed E-state index contributed by atoms with van der Waals surface area (Å²) in [6.45, 7) is 4.61. The van der Waals surface area contributed by atoms with Gasteiger partial charge in [0.25, 0.3) is 0 Å². The van der Waals surface area contributed by atoms with E-state index in [1.807, 2.05) is 14.0 Å². The maximum absolute atomic E-state index is 14.2. The Morgan fingerprint density at radius 3 is 2.53 bits per heavy atom. The summed E-state index contributed by atoms with van der Waals surface area (Å²) in [6.07, 6.45) is 4.92. The van der Waals surface area contributed by atoms with Gasteiger partial charge in [0.15, 0.2) is 5.65 Å². The number of fused-ring (bicyclic) bond motifs is 2. The van der Waals surface area contributed by atoms with Crippen molar-refractivity contribution in [3.05, 3.63) is 47.8 Å². The Morgan fingerprint density at radius 2 is 1.77 bits per heavy atom. The fraction of sp³-hybridized carbons (Fsp3) is 0.286. The minimum Gasteiger partial charge on any atom is -0.366 e. The smallest absolute Gasteiger partial charge is 0.163 e. The first kappa shape index (κ1) is 18.2. The van der Waals surface area contributed by atoms with Crippen molar-refractivity contribution >= 4 is 33.4 Å². The molecule has 9 heteroatoms. The van der Waals surface area contributed by atoms with Gasteiger partial charge in [-0.2, -0.15) is 10.4 Å². The van der Waals surface area contributed by atoms with Crippen LogP contribution in [0.4, 0.5) is 15.9 Å². The highest BCUT2D eigenvalue weighted by molar-refractivity contribution is 5.96. The van der Waals surface area contributed by atoms with Crippen LogP contribution in [-0.2, 0) is 7.05 Å². The van der Waals surface area contributed by atoms with E-state index in [2.05, 4.69) is 35.9 Å². The number of benzene rings is 1. The van der Waals surface area contributed by atoms with Crippen LogP contribution < -0.4 is 9.80 Å². The molecular formula is C21H19FN8. The van der Waals surface area contributed by atoms with Crippen molar-refractivity contribution in [1.29, 1.82) is 5.26 Å². The Kier molecular flexibility index (Phi) is 4.20. The molecule has 0 aliphatic carbocycles. The largest absolute Gasteiger partial charge is 0.366 e. The molecule has 1 aromatic carbocycles. The number of hydrogen-bond acceptors (Lipinski definition) is 7. The molecule has 4 heterocycles. The maximum Gasteiger partial charge on any atom is 0.163 e. The number of piperazine rings is 1. The molecule has 0 bridgehead atoms. The lowest BCUT2D eigenvalue weighted by Crippen LogP contribution is -2.47. The van der Waals surface area contributed by atoms with Gasteiger partial charge >= 0.3 is 0 Å². The van der Waals surface area contributed by atoms with E-state index in [4.69, 9.17) is 0 Å². The molecule has 30 heavy (non-hydrogen) atoms. The zero-order valence-electron chi connectivity index (χ0n) is 16.7. The molecule has 0 N–H and O–H groups in total. The number of pyridine rings is 1. The van der Waals surface area contributed by atoms with Crippen molar-refractivity contribution in [2.24, 2.45) is 7.05 Å². The summed E-state index contributed by atoms with van der Waals surface area (Å²) in [5.74, 6) is 0.534. The number of rotatable bonds is 2. The first-order valence-corrected chi connectivity index (χ1v) is 9.68. The normalized spacial score (nSPS) is 14.5. The average molecular weight is 402 g/mol. The van der Waals surface area contributed by atoms with E-state index in [0.29, 0.717) is 37.1 Å². The monoisotopic (exact) mass is 402 g/mol. The first-order valence-electron chi connectivity index (χ1n) is 9.68. The highest BCUT2D eigenvalue weighted by atomic mass is 19.1. The van der Waals surface area contributed by atoms with Crippen LogP contribution in [-0.4, -0.2) is 50.9 Å². The Labute approximate surface area is 172 Å². The number of aryl methyl sites for hydroxylation is 2. The molecule has 0 saturated carbocycles. The third kappa shape index (κ3) is 2.80. The van der Waals surface area contributed by atoms with Gasteiger partial charge < -0.3 is 9.80 Å². The second-order valence-electron chi connectivity index (χ2n) is 7.43. The molecule has 1 fully saturated rings. The summed E-state index contributed by atoms with van der Waals surface area (Å²) >= 11 is 0. The molecule has 1 aliphatic rings. The molecule has 0 atom stereocenters. The van der Waals surface area contributed by atoms with Crippen molar-refractivity contribution in [3.8, 4) is 6.07 Å². The fourth-order valence-corrected chi connectivity index (χ4v) is 4.19. The van der Waals surface area contributed by atoms with Gasteiger partial charge in [0.05, 0.1) is 28.4 Å². The third-order valence-electron chi connectivity index (χ3n) is 5.62. The quantitative estimate of drug-likeness (QED) is 0.509. The SMILES string of the molecule is Cc1cc(F)cc2c(N3CCN(c4ncnc5c4cnn5C)CC3)c(C#N)cnc12. The minimum atomic E-state index is -0.322. The Balaban J connectivity index is 1.50. The van der Waals surface area contributed by atoms with E-state index in [-0.39, 0.29) is 5.82 Å². The van der Waals surface area contributed by atoms with Gasteiger partial charge in [0.2, 0.25) is 0 Å². The Morgan fingerprint density at radius 1 is 1.00 bits per heavy atom. The first-order chi connectivity index (χ1) is 14.6. The fourth-order valence-electron chi connectivity index (χ4n) is 4.19. The van der Waals surface area contributed by atoms with Crippen LogP contribution in [0.3, 0.4) is 0 Å². The van der Waals surface area contributed by atoms with E-state index < -0.39 is 0 Å². The van der Waals surface area contributed by atoms with Crippen LogP contribution in [0.5, 0.6) is 0 Å². The highest BCUT2D eigenvalue weighted by Crippen LogP contribution is 2.33. The number of nitriles is 1. The zero-order chi connectivity index (χ0) is 20.8. The molecule has 1 saturated heterocycles. The van der Waals surface area contributed by atoms with Crippen molar-refractivity contribution in [3.63, 3.8) is 0 Å². The van der Waals surface area contributed by atoms with Crippen LogP contribution in [0.15, 0.2) is 30.9 Å². The average Bonchev–Trinajstić information content (AvgIpc) is 3.14. The van der Waals surface area contributed by atoms with E-state index in [9.17, 15) is 9.65 Å². The van der Waals surface area contributed by atoms with E-state index >= 15 is 0 Å². The lowest BCUT2D eigenvalue weighted by molar-refractivity contribution is 0.628. The van der Waals surface area contributed by atoms with Crippen LogP contribution in [0, 0.1) is 24.1 Å². The van der Waals surface area contributed by atoms with Gasteiger partial charge in [-0.25, -0.2) is 14.4 Å². The van der Waals surface area contributed by atoms with Gasteiger partial charge in [-0.15, -0.1) is 0 Å². The second kappa shape index (κ2) is 6.91. The molecular weight excluding hydrogens is 383 g/mol. The predicted molar refractivity (Wildman–Crippen MR) is 112 cm³/mol. The molecule has 0 spiro atoms. The third-order valence-corrected chi connectivity index (χ3v) is 5.62. The van der Waals surface area contributed by atoms with Crippen molar-refractivity contribution in [2.75, 3.05) is 36.0 Å². The second-order valence-corrected chi connectivity index (χ2v) is 7.43. The Hall–Kier alpha value is -3.80. The zero-order valence-corrected chi connectivity index (χ0v) is 16.7. The predicted octanol–water partition coefficient (Wildman–Crippen LogP) is 2.56. The van der Waals surface area contributed by atoms with Crippen molar-refractivity contribution in [2.45, 2.75) is 6.92 Å². The lowest BCUT2D eigenvalue weighted by Gasteiger charge is -2.37. The summed E-state index contributed by atoms with van der Waals surface area (Å²) < 4.78 is 15.9. The van der Waals surface area contributed by atoms with Gasteiger partial charge in [-0.05, 0) is 24.6 Å². The molecule has 5 rings (SSSR count). The summed E-state index contributed by atoms with van der Waals surface area (Å²) in [5.41, 5.74) is 3.48. The number of halogens is 1. The summed E-state index contributed by atoms with van der Waals surface area (Å²) in [5, 5.41) is 15.5. The van der Waals surface area contributed by atoms with Crippen LogP contribution in [0.2, 0.25) is 0 Å². The van der Waals surface area contributed by atoms with E-state index in [0.717, 1.165) is 33.6 Å². The number of anilines is 2. The molecule has 3 aromatic heterocycles. The minimum absolute atomic E-state index is 0.322. The van der Waals surface area contributed by atoms with Gasteiger partial charge in [-0.3, -0.25) is 9.67 Å². The van der Waals surface area contributed by atoms with Gasteiger partial charge in [-0.1, -0.05) is 0 Å². The molecule has 0 unspecified atom stereocenters. The van der Waals surface area contributed by atoms with Crippen molar-refractivity contribution in [1.82, 2.24) is 24.7 Å². The standard InChI is InChI=1S/C21H19FN8/c1-13-7-15(22)8-16-18(13)24-10-14(9-23)19(16)29-3-5-30(6-4-29)21-17-11-27-28(2)20(17)25-12-26-21/h7-8,10-12H,3-6H2,1-2H3. The van der Waals surface area contributed by atoms with Crippen molar-refractivity contribution < 1.29 is 4.39 Å².